The van der Waals surface area contributed by atoms with Crippen LogP contribution in [0.15, 0.2) is 24.3 Å². The van der Waals surface area contributed by atoms with Gasteiger partial charge in [0.2, 0.25) is 0 Å². The molecule has 1 aliphatic carbocycles. The Morgan fingerprint density at radius 1 is 0.545 bits per heavy atom. The molecule has 0 saturated heterocycles. The molecule has 68 valence electrons. The zero-order chi connectivity index (χ0) is 5.66. The molecule has 0 radical (unpaired) electrons. The van der Waals surface area contributed by atoms with Crippen molar-refractivity contribution in [3.63, 3.8) is 0 Å². The van der Waals surface area contributed by atoms with Crippen molar-refractivity contribution in [2.24, 2.45) is 0 Å². The molecular weight excluding hydrogens is 226 g/mol. The molecule has 0 amide bonds. The number of allylic oxidation sites excluding steroid dienone is 4. The van der Waals surface area contributed by atoms with Crippen LogP contribution < -0.4 is 24.8 Å². The van der Waals surface area contributed by atoms with Crippen molar-refractivity contribution in [3.8, 4) is 0 Å². The van der Waals surface area contributed by atoms with Crippen LogP contribution in [0, 0.1) is 0 Å². The summed E-state index contributed by atoms with van der Waals surface area (Å²) in [6, 6.07) is 0. The van der Waals surface area contributed by atoms with E-state index in [0.717, 1.165) is 0 Å². The minimum Gasteiger partial charge on any atom is -1.00 e. The van der Waals surface area contributed by atoms with Crippen molar-refractivity contribution < 1.29 is 41.3 Å². The molecular formula is C8H12Cl2Ni. The molecule has 0 N–H and O–H groups in total. The summed E-state index contributed by atoms with van der Waals surface area (Å²) in [5.74, 6) is 0. The molecule has 0 spiro atoms. The minimum absolute atomic E-state index is 0. The average molecular weight is 238 g/mol. The molecule has 0 bridgehead atoms. The van der Waals surface area contributed by atoms with Crippen molar-refractivity contribution in [1.29, 1.82) is 0 Å². The van der Waals surface area contributed by atoms with Crippen molar-refractivity contribution >= 4 is 0 Å². The van der Waals surface area contributed by atoms with Gasteiger partial charge in [-0.1, -0.05) is 24.3 Å². The van der Waals surface area contributed by atoms with Gasteiger partial charge in [-0.25, -0.2) is 0 Å². The van der Waals surface area contributed by atoms with Gasteiger partial charge in [0.1, 0.15) is 0 Å². The molecule has 0 saturated carbocycles. The molecule has 3 heteroatoms. The number of rotatable bonds is 0. The van der Waals surface area contributed by atoms with E-state index in [9.17, 15) is 0 Å². The Morgan fingerprint density at radius 2 is 0.727 bits per heavy atom. The van der Waals surface area contributed by atoms with E-state index in [-0.39, 0.29) is 41.3 Å². The zero-order valence-electron chi connectivity index (χ0n) is 6.21. The summed E-state index contributed by atoms with van der Waals surface area (Å²) in [6.45, 7) is 0. The second-order valence-corrected chi connectivity index (χ2v) is 2.10. The monoisotopic (exact) mass is 236 g/mol. The molecule has 0 aromatic rings. The summed E-state index contributed by atoms with van der Waals surface area (Å²) in [6.07, 6.45) is 14.0. The van der Waals surface area contributed by atoms with E-state index in [2.05, 4.69) is 24.3 Å². The first-order valence-electron chi connectivity index (χ1n) is 3.30. The number of halogens is 2. The molecule has 0 atom stereocenters. The summed E-state index contributed by atoms with van der Waals surface area (Å²) in [4.78, 5) is 0. The van der Waals surface area contributed by atoms with Crippen molar-refractivity contribution in [1.82, 2.24) is 0 Å². The molecule has 0 aromatic carbocycles. The molecule has 0 aliphatic heterocycles. The van der Waals surface area contributed by atoms with Gasteiger partial charge >= 0.3 is 16.5 Å². The Balaban J connectivity index is -0.000000213. The SMILES string of the molecule is C1=C\CC/C=C\CC/1.[Cl-].[Cl-].[Ni+2]. The molecule has 0 fully saturated rings. The first kappa shape index (κ1) is 17.6. The van der Waals surface area contributed by atoms with E-state index in [1.165, 1.54) is 25.7 Å². The Kier molecular flexibility index (Phi) is 21.1. The van der Waals surface area contributed by atoms with Gasteiger partial charge in [0.25, 0.3) is 0 Å². The van der Waals surface area contributed by atoms with Crippen LogP contribution in [0.1, 0.15) is 25.7 Å². The van der Waals surface area contributed by atoms with Gasteiger partial charge in [-0.2, -0.15) is 0 Å². The van der Waals surface area contributed by atoms with Crippen molar-refractivity contribution in [3.05, 3.63) is 24.3 Å². The van der Waals surface area contributed by atoms with Crippen LogP contribution in [0.25, 0.3) is 0 Å². The standard InChI is InChI=1S/C8H12.2ClH.Ni/c1-2-4-6-8-7-5-3-1;;;/h1-2,7-8H,3-6H2;2*1H;/q;;;+2/p-2/b2-1-,8-7-;;;. The predicted molar refractivity (Wildman–Crippen MR) is 36.7 cm³/mol. The van der Waals surface area contributed by atoms with E-state index < -0.39 is 0 Å². The fraction of sp³-hybridized carbons (Fsp3) is 0.500. The Labute approximate surface area is 91.3 Å². The molecule has 1 aliphatic rings. The summed E-state index contributed by atoms with van der Waals surface area (Å²) < 4.78 is 0. The molecule has 0 unspecified atom stereocenters. The van der Waals surface area contributed by atoms with Crippen LogP contribution in [-0.4, -0.2) is 0 Å². The predicted octanol–water partition coefficient (Wildman–Crippen LogP) is -3.32. The van der Waals surface area contributed by atoms with Crippen LogP contribution in [0.2, 0.25) is 0 Å². The van der Waals surface area contributed by atoms with Crippen molar-refractivity contribution in [2.75, 3.05) is 0 Å². The fourth-order valence-electron chi connectivity index (χ4n) is 0.856. The normalized spacial score (nSPS) is 20.4. The third kappa shape index (κ3) is 10.6. The molecule has 0 aromatic heterocycles. The van der Waals surface area contributed by atoms with E-state index in [1.807, 2.05) is 0 Å². The average Bonchev–Trinajstić information content (AvgIpc) is 1.62. The van der Waals surface area contributed by atoms with Gasteiger partial charge in [-0.05, 0) is 25.7 Å². The maximum Gasteiger partial charge on any atom is 2.00 e. The van der Waals surface area contributed by atoms with E-state index >= 15 is 0 Å². The first-order valence-corrected chi connectivity index (χ1v) is 3.30. The van der Waals surface area contributed by atoms with Gasteiger partial charge in [0, 0.05) is 0 Å². The maximum atomic E-state index is 2.27. The number of hydrogen-bond donors (Lipinski definition) is 0. The first-order chi connectivity index (χ1) is 4.00. The Morgan fingerprint density at radius 3 is 0.909 bits per heavy atom. The largest absolute Gasteiger partial charge is 2.00 e. The quantitative estimate of drug-likeness (QED) is 0.306. The van der Waals surface area contributed by atoms with E-state index in [0.29, 0.717) is 0 Å². The van der Waals surface area contributed by atoms with Crippen LogP contribution in [0.3, 0.4) is 0 Å². The third-order valence-corrected chi connectivity index (χ3v) is 1.33. The summed E-state index contributed by atoms with van der Waals surface area (Å²) in [5, 5.41) is 0. The summed E-state index contributed by atoms with van der Waals surface area (Å²) >= 11 is 0. The van der Waals surface area contributed by atoms with Crippen molar-refractivity contribution in [2.45, 2.75) is 25.7 Å². The van der Waals surface area contributed by atoms with Crippen LogP contribution in [0.5, 0.6) is 0 Å². The van der Waals surface area contributed by atoms with E-state index in [1.54, 1.807) is 0 Å². The summed E-state index contributed by atoms with van der Waals surface area (Å²) in [5.41, 5.74) is 0. The van der Waals surface area contributed by atoms with Gasteiger partial charge in [0.05, 0.1) is 0 Å². The van der Waals surface area contributed by atoms with Gasteiger partial charge in [0.15, 0.2) is 0 Å². The van der Waals surface area contributed by atoms with Crippen LogP contribution >= 0.6 is 0 Å². The van der Waals surface area contributed by atoms with Gasteiger partial charge in [-0.15, -0.1) is 0 Å². The summed E-state index contributed by atoms with van der Waals surface area (Å²) in [7, 11) is 0. The number of hydrogen-bond acceptors (Lipinski definition) is 0. The minimum atomic E-state index is 0. The molecule has 11 heavy (non-hydrogen) atoms. The second kappa shape index (κ2) is 13.2. The fourth-order valence-corrected chi connectivity index (χ4v) is 0.856. The Hall–Kier alpha value is 0.554. The smallest absolute Gasteiger partial charge is 1.00 e. The molecule has 0 heterocycles. The van der Waals surface area contributed by atoms with Crippen LogP contribution in [0.4, 0.5) is 0 Å². The molecule has 1 rings (SSSR count). The zero-order valence-corrected chi connectivity index (χ0v) is 8.71. The topological polar surface area (TPSA) is 0 Å². The van der Waals surface area contributed by atoms with Crippen LogP contribution in [-0.2, 0) is 16.5 Å². The maximum absolute atomic E-state index is 2.27. The Bertz CT molecular complexity index is 84.7. The van der Waals surface area contributed by atoms with Gasteiger partial charge in [-0.3, -0.25) is 0 Å². The van der Waals surface area contributed by atoms with E-state index in [4.69, 9.17) is 0 Å². The third-order valence-electron chi connectivity index (χ3n) is 1.33. The molecule has 0 nitrogen and oxygen atoms in total. The second-order valence-electron chi connectivity index (χ2n) is 2.10. The van der Waals surface area contributed by atoms with Gasteiger partial charge < -0.3 is 24.8 Å².